The Balaban J connectivity index is 1.48. The van der Waals surface area contributed by atoms with Crippen LogP contribution in [0, 0.1) is 5.92 Å². The molecule has 0 amide bonds. The number of ether oxygens (including phenoxy) is 2. The standard InChI is InChI=1S/C34H32O7/c1-40-31-20-30(39)32(29(38)18-9-22-7-14-26(36)15-8-22)34-28(31)19-24(4-2-3-21-5-12-25(35)13-6-21)33(41-34)23-10-16-27(37)17-11-23/h2-3,5-8,10-17,20,24,33,35-37,39H,4,9,18-19H2,1H3/b3-2+/t24-,33+/m1/s1. The van der Waals surface area contributed by atoms with Crippen molar-refractivity contribution in [2.45, 2.75) is 31.8 Å². The summed E-state index contributed by atoms with van der Waals surface area (Å²) < 4.78 is 12.2. The molecule has 0 saturated carbocycles. The van der Waals surface area contributed by atoms with Crippen molar-refractivity contribution in [2.24, 2.45) is 5.92 Å². The maximum atomic E-state index is 13.5. The number of hydrogen-bond acceptors (Lipinski definition) is 7. The Kier molecular flexibility index (Phi) is 8.15. The Morgan fingerprint density at radius 3 is 2.15 bits per heavy atom. The van der Waals surface area contributed by atoms with E-state index in [1.807, 2.05) is 18.2 Å². The molecule has 0 unspecified atom stereocenters. The summed E-state index contributed by atoms with van der Waals surface area (Å²) in [7, 11) is 1.52. The number of carbonyl (C=O) groups is 1. The molecule has 41 heavy (non-hydrogen) atoms. The first-order valence-electron chi connectivity index (χ1n) is 13.5. The van der Waals surface area contributed by atoms with Crippen LogP contribution in [0.1, 0.15) is 51.6 Å². The molecule has 4 aromatic rings. The number of aromatic hydroxyl groups is 4. The molecule has 1 aliphatic heterocycles. The van der Waals surface area contributed by atoms with Crippen molar-refractivity contribution in [3.8, 4) is 34.5 Å². The number of phenolic OH excluding ortho intramolecular Hbond substituents is 4. The van der Waals surface area contributed by atoms with Gasteiger partial charge in [0.25, 0.3) is 0 Å². The largest absolute Gasteiger partial charge is 0.508 e. The monoisotopic (exact) mass is 552 g/mol. The molecule has 0 saturated heterocycles. The molecule has 0 aliphatic carbocycles. The van der Waals surface area contributed by atoms with E-state index in [9.17, 15) is 25.2 Å². The van der Waals surface area contributed by atoms with Crippen LogP contribution in [0.5, 0.6) is 34.5 Å². The minimum absolute atomic E-state index is 0.0428. The number of rotatable bonds is 9. The molecule has 0 bridgehead atoms. The van der Waals surface area contributed by atoms with Crippen molar-refractivity contribution in [3.05, 3.63) is 113 Å². The molecule has 0 spiro atoms. The van der Waals surface area contributed by atoms with E-state index in [4.69, 9.17) is 9.47 Å². The Bertz CT molecular complexity index is 1540. The van der Waals surface area contributed by atoms with E-state index in [-0.39, 0.29) is 46.7 Å². The second-order valence-corrected chi connectivity index (χ2v) is 10.2. The fraction of sp³-hybridized carbons (Fsp3) is 0.206. The van der Waals surface area contributed by atoms with Crippen molar-refractivity contribution in [2.75, 3.05) is 7.11 Å². The highest BCUT2D eigenvalue weighted by Crippen LogP contribution is 2.49. The first-order chi connectivity index (χ1) is 19.8. The molecular weight excluding hydrogens is 520 g/mol. The SMILES string of the molecule is COc1cc(O)c(C(=O)CCc2ccc(O)cc2)c2c1C[C@@H](C/C=C/c1ccc(O)cc1)[C@H](c1ccc(O)cc1)O2. The molecular formula is C34H32O7. The van der Waals surface area contributed by atoms with Gasteiger partial charge in [-0.3, -0.25) is 4.79 Å². The van der Waals surface area contributed by atoms with Gasteiger partial charge in [0.2, 0.25) is 0 Å². The summed E-state index contributed by atoms with van der Waals surface area (Å²) in [6.45, 7) is 0. The highest BCUT2D eigenvalue weighted by molar-refractivity contribution is 6.02. The zero-order valence-corrected chi connectivity index (χ0v) is 22.7. The molecule has 0 radical (unpaired) electrons. The molecule has 7 heteroatoms. The Labute approximate surface area is 238 Å². The summed E-state index contributed by atoms with van der Waals surface area (Å²) >= 11 is 0. The lowest BCUT2D eigenvalue weighted by Crippen LogP contribution is -2.27. The van der Waals surface area contributed by atoms with Crippen LogP contribution >= 0.6 is 0 Å². The molecule has 4 aromatic carbocycles. The third-order valence-electron chi connectivity index (χ3n) is 7.40. The van der Waals surface area contributed by atoms with E-state index < -0.39 is 6.10 Å². The maximum absolute atomic E-state index is 13.5. The maximum Gasteiger partial charge on any atom is 0.170 e. The van der Waals surface area contributed by atoms with Crippen LogP contribution in [-0.2, 0) is 12.8 Å². The lowest BCUT2D eigenvalue weighted by molar-refractivity contribution is 0.0933. The second kappa shape index (κ2) is 12.1. The first-order valence-corrected chi connectivity index (χ1v) is 13.5. The topological polar surface area (TPSA) is 116 Å². The second-order valence-electron chi connectivity index (χ2n) is 10.2. The highest BCUT2D eigenvalue weighted by atomic mass is 16.5. The van der Waals surface area contributed by atoms with Gasteiger partial charge in [0.05, 0.1) is 7.11 Å². The van der Waals surface area contributed by atoms with E-state index in [1.54, 1.807) is 60.7 Å². The Morgan fingerprint density at radius 1 is 0.902 bits per heavy atom. The van der Waals surface area contributed by atoms with Crippen LogP contribution in [0.25, 0.3) is 6.08 Å². The van der Waals surface area contributed by atoms with Crippen LogP contribution in [-0.4, -0.2) is 33.3 Å². The van der Waals surface area contributed by atoms with Gasteiger partial charge in [-0.2, -0.15) is 0 Å². The average Bonchev–Trinajstić information content (AvgIpc) is 2.97. The fourth-order valence-corrected chi connectivity index (χ4v) is 5.25. The van der Waals surface area contributed by atoms with E-state index in [2.05, 4.69) is 6.08 Å². The van der Waals surface area contributed by atoms with Crippen molar-refractivity contribution in [3.63, 3.8) is 0 Å². The summed E-state index contributed by atoms with van der Waals surface area (Å²) in [6.07, 6.45) is 5.32. The van der Waals surface area contributed by atoms with Gasteiger partial charge in [0.15, 0.2) is 5.78 Å². The number of fused-ring (bicyclic) bond motifs is 1. The van der Waals surface area contributed by atoms with Crippen molar-refractivity contribution in [1.29, 1.82) is 0 Å². The summed E-state index contributed by atoms with van der Waals surface area (Å²) in [5, 5.41) is 40.0. The number of ketones is 1. The predicted octanol–water partition coefficient (Wildman–Crippen LogP) is 6.73. The number of hydrogen-bond donors (Lipinski definition) is 4. The van der Waals surface area contributed by atoms with Gasteiger partial charge in [0, 0.05) is 24.0 Å². The number of methoxy groups -OCH3 is 1. The minimum atomic E-state index is -0.456. The Morgan fingerprint density at radius 2 is 1.51 bits per heavy atom. The van der Waals surface area contributed by atoms with Gasteiger partial charge < -0.3 is 29.9 Å². The fourth-order valence-electron chi connectivity index (χ4n) is 5.25. The van der Waals surface area contributed by atoms with Crippen molar-refractivity contribution >= 4 is 11.9 Å². The zero-order chi connectivity index (χ0) is 28.9. The van der Waals surface area contributed by atoms with Crippen molar-refractivity contribution < 1.29 is 34.7 Å². The normalized spacial score (nSPS) is 16.2. The molecule has 1 aliphatic rings. The van der Waals surface area contributed by atoms with Gasteiger partial charge in [0.1, 0.15) is 46.2 Å². The summed E-state index contributed by atoms with van der Waals surface area (Å²) in [4.78, 5) is 13.5. The number of Topliss-reactive ketones (excluding diaryl/α,β-unsaturated/α-hetero) is 1. The molecule has 7 nitrogen and oxygen atoms in total. The third-order valence-corrected chi connectivity index (χ3v) is 7.40. The smallest absolute Gasteiger partial charge is 0.170 e. The molecule has 1 heterocycles. The van der Waals surface area contributed by atoms with Crippen LogP contribution in [0.3, 0.4) is 0 Å². The third kappa shape index (κ3) is 6.30. The highest BCUT2D eigenvalue weighted by Gasteiger charge is 2.36. The Hall–Kier alpha value is -4.91. The van der Waals surface area contributed by atoms with Crippen LogP contribution in [0.4, 0.5) is 0 Å². The van der Waals surface area contributed by atoms with Gasteiger partial charge in [-0.15, -0.1) is 0 Å². The molecule has 0 aromatic heterocycles. The number of phenols is 4. The number of aryl methyl sites for hydroxylation is 1. The zero-order valence-electron chi connectivity index (χ0n) is 22.7. The van der Waals surface area contributed by atoms with E-state index in [0.29, 0.717) is 30.8 Å². The molecule has 0 fully saturated rings. The molecule has 2 atom stereocenters. The quantitative estimate of drug-likeness (QED) is 0.170. The van der Waals surface area contributed by atoms with Gasteiger partial charge in [-0.1, -0.05) is 48.6 Å². The number of carbonyl (C=O) groups excluding carboxylic acids is 1. The van der Waals surface area contributed by atoms with Gasteiger partial charge in [-0.25, -0.2) is 0 Å². The van der Waals surface area contributed by atoms with Crippen molar-refractivity contribution in [1.82, 2.24) is 0 Å². The number of benzene rings is 4. The predicted molar refractivity (Wildman–Crippen MR) is 156 cm³/mol. The summed E-state index contributed by atoms with van der Waals surface area (Å²) in [5.41, 5.74) is 3.52. The molecule has 210 valence electrons. The molecule has 4 N–H and O–H groups in total. The summed E-state index contributed by atoms with van der Waals surface area (Å²) in [6, 6.07) is 21.9. The number of allylic oxidation sites excluding steroid dienone is 1. The van der Waals surface area contributed by atoms with E-state index >= 15 is 0 Å². The average molecular weight is 553 g/mol. The molecule has 5 rings (SSSR count). The van der Waals surface area contributed by atoms with Crippen LogP contribution in [0.15, 0.2) is 84.9 Å². The van der Waals surface area contributed by atoms with Crippen LogP contribution in [0.2, 0.25) is 0 Å². The summed E-state index contributed by atoms with van der Waals surface area (Å²) in [5.74, 6) is 0.755. The van der Waals surface area contributed by atoms with Gasteiger partial charge >= 0.3 is 0 Å². The van der Waals surface area contributed by atoms with E-state index in [0.717, 1.165) is 22.3 Å². The van der Waals surface area contributed by atoms with Gasteiger partial charge in [-0.05, 0) is 72.4 Å². The van der Waals surface area contributed by atoms with E-state index in [1.165, 1.54) is 13.2 Å². The lowest BCUT2D eigenvalue weighted by atomic mass is 9.82. The lowest BCUT2D eigenvalue weighted by Gasteiger charge is -2.35. The van der Waals surface area contributed by atoms with Crippen LogP contribution < -0.4 is 9.47 Å². The minimum Gasteiger partial charge on any atom is -0.508 e. The first kappa shape index (κ1) is 27.6.